The summed E-state index contributed by atoms with van der Waals surface area (Å²) in [5, 5.41) is 8.33. The van der Waals surface area contributed by atoms with Crippen LogP contribution < -0.4 is 0 Å². The molecule has 1 unspecified atom stereocenters. The molecule has 1 aromatic heterocycles. The Bertz CT molecular complexity index is 576. The van der Waals surface area contributed by atoms with E-state index in [4.69, 9.17) is 4.74 Å². The van der Waals surface area contributed by atoms with Crippen molar-refractivity contribution in [2.75, 3.05) is 13.7 Å². The Morgan fingerprint density at radius 1 is 1.40 bits per heavy atom. The van der Waals surface area contributed by atoms with Gasteiger partial charge in [-0.05, 0) is 13.0 Å². The van der Waals surface area contributed by atoms with Gasteiger partial charge in [-0.3, -0.25) is 0 Å². The third-order valence-electron chi connectivity index (χ3n) is 2.80. The highest BCUT2D eigenvalue weighted by molar-refractivity contribution is 7.99. The lowest BCUT2D eigenvalue weighted by Gasteiger charge is -2.12. The van der Waals surface area contributed by atoms with Crippen molar-refractivity contribution in [3.05, 3.63) is 41.7 Å². The number of aromatic nitrogens is 3. The molecule has 7 heteroatoms. The van der Waals surface area contributed by atoms with Gasteiger partial charge in [-0.2, -0.15) is 0 Å². The van der Waals surface area contributed by atoms with Crippen LogP contribution in [-0.4, -0.2) is 28.5 Å². The van der Waals surface area contributed by atoms with E-state index in [1.165, 1.54) is 23.9 Å². The fraction of sp³-hybridized carbons (Fsp3) is 0.385. The van der Waals surface area contributed by atoms with Crippen molar-refractivity contribution in [2.24, 2.45) is 0 Å². The number of benzene rings is 1. The van der Waals surface area contributed by atoms with Gasteiger partial charge < -0.3 is 9.30 Å². The summed E-state index contributed by atoms with van der Waals surface area (Å²) in [4.78, 5) is 0. The van der Waals surface area contributed by atoms with Gasteiger partial charge in [-0.15, -0.1) is 10.2 Å². The van der Waals surface area contributed by atoms with Gasteiger partial charge >= 0.3 is 0 Å². The number of hydrogen-bond acceptors (Lipinski definition) is 4. The lowest BCUT2D eigenvalue weighted by molar-refractivity contribution is 0.184. The molecule has 0 saturated heterocycles. The predicted molar refractivity (Wildman–Crippen MR) is 72.5 cm³/mol. The van der Waals surface area contributed by atoms with E-state index in [2.05, 4.69) is 10.2 Å². The van der Waals surface area contributed by atoms with E-state index in [-0.39, 0.29) is 5.25 Å². The Hall–Kier alpha value is -1.47. The van der Waals surface area contributed by atoms with E-state index in [9.17, 15) is 8.78 Å². The lowest BCUT2D eigenvalue weighted by atomic mass is 10.1. The largest absolute Gasteiger partial charge is 0.383 e. The normalized spacial score (nSPS) is 12.6. The maximum absolute atomic E-state index is 13.7. The highest BCUT2D eigenvalue weighted by Crippen LogP contribution is 2.34. The maximum atomic E-state index is 13.7. The summed E-state index contributed by atoms with van der Waals surface area (Å²) >= 11 is 1.37. The van der Waals surface area contributed by atoms with Gasteiger partial charge in [0.1, 0.15) is 18.0 Å². The highest BCUT2D eigenvalue weighted by atomic mass is 32.2. The van der Waals surface area contributed by atoms with Gasteiger partial charge in [-0.1, -0.05) is 17.8 Å². The third kappa shape index (κ3) is 3.55. The van der Waals surface area contributed by atoms with E-state index in [1.807, 2.05) is 11.5 Å². The molecule has 0 saturated carbocycles. The molecule has 0 amide bonds. The molecule has 20 heavy (non-hydrogen) atoms. The van der Waals surface area contributed by atoms with Gasteiger partial charge in [0.05, 0.1) is 6.61 Å². The molecule has 2 aromatic rings. The van der Waals surface area contributed by atoms with Crippen molar-refractivity contribution in [1.29, 1.82) is 0 Å². The minimum Gasteiger partial charge on any atom is -0.383 e. The molecule has 0 fully saturated rings. The van der Waals surface area contributed by atoms with Crippen LogP contribution in [0.1, 0.15) is 17.7 Å². The molecule has 0 radical (unpaired) electrons. The van der Waals surface area contributed by atoms with Crippen LogP contribution >= 0.6 is 11.8 Å². The molecule has 0 aliphatic rings. The first-order valence-corrected chi connectivity index (χ1v) is 6.98. The van der Waals surface area contributed by atoms with Gasteiger partial charge in [0.25, 0.3) is 0 Å². The quantitative estimate of drug-likeness (QED) is 0.769. The molecule has 2 rings (SSSR count). The van der Waals surface area contributed by atoms with Gasteiger partial charge in [0.15, 0.2) is 5.16 Å². The maximum Gasteiger partial charge on any atom is 0.191 e. The molecule has 1 heterocycles. The van der Waals surface area contributed by atoms with Crippen molar-refractivity contribution in [3.8, 4) is 0 Å². The number of ether oxygens (including phenoxy) is 1. The van der Waals surface area contributed by atoms with Gasteiger partial charge in [-0.25, -0.2) is 8.78 Å². The summed E-state index contributed by atoms with van der Waals surface area (Å²) in [6.07, 6.45) is 1.61. The van der Waals surface area contributed by atoms with Gasteiger partial charge in [0.2, 0.25) is 0 Å². The average molecular weight is 299 g/mol. The Morgan fingerprint density at radius 2 is 2.20 bits per heavy atom. The van der Waals surface area contributed by atoms with Crippen molar-refractivity contribution in [1.82, 2.24) is 14.8 Å². The van der Waals surface area contributed by atoms with Crippen molar-refractivity contribution in [3.63, 3.8) is 0 Å². The zero-order chi connectivity index (χ0) is 14.5. The molecule has 0 bridgehead atoms. The fourth-order valence-electron chi connectivity index (χ4n) is 1.73. The summed E-state index contributed by atoms with van der Waals surface area (Å²) in [5.74, 6) is -1.13. The van der Waals surface area contributed by atoms with Crippen LogP contribution in [0.3, 0.4) is 0 Å². The number of thioether (sulfide) groups is 1. The Labute approximate surface area is 120 Å². The first-order valence-electron chi connectivity index (χ1n) is 6.10. The molecule has 0 N–H and O–H groups in total. The summed E-state index contributed by atoms with van der Waals surface area (Å²) in [6, 6.07) is 3.60. The molecule has 0 aliphatic carbocycles. The van der Waals surface area contributed by atoms with E-state index in [0.717, 1.165) is 6.07 Å². The van der Waals surface area contributed by atoms with Crippen molar-refractivity contribution >= 4 is 11.8 Å². The monoisotopic (exact) mass is 299 g/mol. The van der Waals surface area contributed by atoms with Crippen molar-refractivity contribution in [2.45, 2.75) is 23.9 Å². The van der Waals surface area contributed by atoms with E-state index >= 15 is 0 Å². The van der Waals surface area contributed by atoms with Crippen LogP contribution in [-0.2, 0) is 11.3 Å². The Morgan fingerprint density at radius 3 is 2.90 bits per heavy atom. The summed E-state index contributed by atoms with van der Waals surface area (Å²) < 4.78 is 33.5. The average Bonchev–Trinajstić information content (AvgIpc) is 2.83. The SMILES string of the molecule is COCCn1cnnc1SC(C)c1ccc(F)cc1F. The number of methoxy groups -OCH3 is 1. The smallest absolute Gasteiger partial charge is 0.191 e. The van der Waals surface area contributed by atoms with Crippen LogP contribution in [0.2, 0.25) is 0 Å². The van der Waals surface area contributed by atoms with E-state index in [1.54, 1.807) is 13.4 Å². The molecule has 0 spiro atoms. The second-order valence-corrected chi connectivity index (χ2v) is 5.53. The first kappa shape index (κ1) is 14.9. The van der Waals surface area contributed by atoms with Crippen LogP contribution in [0.5, 0.6) is 0 Å². The molecule has 1 atom stereocenters. The number of hydrogen-bond donors (Lipinski definition) is 0. The zero-order valence-corrected chi connectivity index (χ0v) is 12.0. The predicted octanol–water partition coefficient (Wildman–Crippen LogP) is 3.06. The van der Waals surface area contributed by atoms with Gasteiger partial charge in [0, 0.05) is 30.5 Å². The van der Waals surface area contributed by atoms with E-state index in [0.29, 0.717) is 23.9 Å². The molecule has 108 valence electrons. The summed E-state index contributed by atoms with van der Waals surface area (Å²) in [5.41, 5.74) is 0.442. The molecular formula is C13H15F2N3OS. The Kier molecular flexibility index (Phi) is 5.08. The van der Waals surface area contributed by atoms with Crippen LogP contribution in [0.4, 0.5) is 8.78 Å². The highest BCUT2D eigenvalue weighted by Gasteiger charge is 2.16. The molecule has 4 nitrogen and oxygen atoms in total. The van der Waals surface area contributed by atoms with Crippen LogP contribution in [0.15, 0.2) is 29.7 Å². The molecular weight excluding hydrogens is 284 g/mol. The fourth-order valence-corrected chi connectivity index (χ4v) is 2.73. The van der Waals surface area contributed by atoms with E-state index < -0.39 is 11.6 Å². The minimum atomic E-state index is -0.577. The summed E-state index contributed by atoms with van der Waals surface area (Å²) in [7, 11) is 1.62. The Balaban J connectivity index is 2.11. The van der Waals surface area contributed by atoms with Crippen LogP contribution in [0, 0.1) is 11.6 Å². The second kappa shape index (κ2) is 6.81. The van der Waals surface area contributed by atoms with Crippen LogP contribution in [0.25, 0.3) is 0 Å². The standard InChI is InChI=1S/C13H15F2N3OS/c1-9(11-4-3-10(14)7-12(11)15)20-13-17-16-8-18(13)5-6-19-2/h3-4,7-9H,5-6H2,1-2H3. The first-order chi connectivity index (χ1) is 9.61. The van der Waals surface area contributed by atoms with Crippen molar-refractivity contribution < 1.29 is 13.5 Å². The number of halogens is 2. The molecule has 0 aliphatic heterocycles. The number of rotatable bonds is 6. The third-order valence-corrected chi connectivity index (χ3v) is 3.93. The lowest BCUT2D eigenvalue weighted by Crippen LogP contribution is -2.05. The second-order valence-electron chi connectivity index (χ2n) is 4.23. The number of nitrogens with zero attached hydrogens (tertiary/aromatic N) is 3. The minimum absolute atomic E-state index is 0.193. The topological polar surface area (TPSA) is 39.9 Å². The summed E-state index contributed by atoms with van der Waals surface area (Å²) in [6.45, 7) is 3.02. The molecule has 1 aromatic carbocycles. The zero-order valence-electron chi connectivity index (χ0n) is 11.2.